The molecule has 0 saturated carbocycles. The fraction of sp³-hybridized carbons (Fsp3) is 0.345. The maximum absolute atomic E-state index is 13.0. The van der Waals surface area contributed by atoms with Crippen molar-refractivity contribution < 1.29 is 14.6 Å². The van der Waals surface area contributed by atoms with Gasteiger partial charge in [-0.3, -0.25) is 18.7 Å². The van der Waals surface area contributed by atoms with E-state index in [1.807, 2.05) is 56.3 Å². The summed E-state index contributed by atoms with van der Waals surface area (Å²) in [7, 11) is 0. The number of ether oxygens (including phenoxy) is 1. The molecule has 0 saturated heterocycles. The summed E-state index contributed by atoms with van der Waals surface area (Å²) in [6.45, 7) is 4.64. The number of hydrogen-bond acceptors (Lipinski definition) is 5. The number of hydrogen-bond donors (Lipinski definition) is 3. The lowest BCUT2D eigenvalue weighted by Crippen LogP contribution is -2.39. The predicted octanol–water partition coefficient (Wildman–Crippen LogP) is 3.13. The highest BCUT2D eigenvalue weighted by Crippen LogP contribution is 2.31. The Labute approximate surface area is 219 Å². The Hall–Kier alpha value is -4.11. The average Bonchev–Trinajstić information content (AvgIpc) is 3.50. The van der Waals surface area contributed by atoms with Gasteiger partial charge in [0.05, 0.1) is 17.7 Å². The standard InChI is InChI=1S/C29H32N4O5/c1-3-13-32-23-16-22(30-27(23)28(36)33(14-4-2)29(32)37)18-9-11-20(12-10-18)38-17-25(35)31-26-21-8-6-5-7-19(21)15-24(26)34/h5-12,16,24,26,30,34H,3-4,13-15,17H2,1-2H3,(H,31,35). The van der Waals surface area contributed by atoms with Crippen LogP contribution < -0.4 is 21.3 Å². The van der Waals surface area contributed by atoms with Gasteiger partial charge in [-0.25, -0.2) is 4.79 Å². The Bertz CT molecular complexity index is 1580. The molecule has 2 unspecified atom stereocenters. The van der Waals surface area contributed by atoms with Crippen LogP contribution in [0.3, 0.4) is 0 Å². The van der Waals surface area contributed by atoms with Gasteiger partial charge in [-0.15, -0.1) is 0 Å². The molecule has 0 aliphatic heterocycles. The predicted molar refractivity (Wildman–Crippen MR) is 145 cm³/mol. The number of aliphatic hydroxyl groups is 1. The summed E-state index contributed by atoms with van der Waals surface area (Å²) in [6.07, 6.45) is 1.31. The van der Waals surface area contributed by atoms with Crippen molar-refractivity contribution in [3.05, 3.63) is 86.6 Å². The van der Waals surface area contributed by atoms with Gasteiger partial charge in [0.25, 0.3) is 11.5 Å². The van der Waals surface area contributed by atoms with Crippen molar-refractivity contribution >= 4 is 16.9 Å². The quantitative estimate of drug-likeness (QED) is 0.316. The van der Waals surface area contributed by atoms with E-state index in [-0.39, 0.29) is 23.8 Å². The van der Waals surface area contributed by atoms with Crippen LogP contribution in [0.15, 0.2) is 64.2 Å². The van der Waals surface area contributed by atoms with Gasteiger partial charge < -0.3 is 20.1 Å². The number of rotatable bonds is 9. The van der Waals surface area contributed by atoms with E-state index in [9.17, 15) is 19.5 Å². The fourth-order valence-corrected chi connectivity index (χ4v) is 5.15. The van der Waals surface area contributed by atoms with Crippen LogP contribution in [0.1, 0.15) is 43.9 Å². The third-order valence-electron chi connectivity index (χ3n) is 6.96. The molecule has 1 aliphatic rings. The molecule has 5 rings (SSSR count). The van der Waals surface area contributed by atoms with Gasteiger partial charge in [-0.2, -0.15) is 0 Å². The zero-order valence-electron chi connectivity index (χ0n) is 21.6. The number of fused-ring (bicyclic) bond motifs is 2. The first-order chi connectivity index (χ1) is 18.4. The molecule has 9 nitrogen and oxygen atoms in total. The van der Waals surface area contributed by atoms with E-state index in [0.717, 1.165) is 23.1 Å². The second-order valence-electron chi connectivity index (χ2n) is 9.66. The number of aliphatic hydroxyl groups excluding tert-OH is 1. The van der Waals surface area contributed by atoms with Crippen molar-refractivity contribution in [3.63, 3.8) is 0 Å². The van der Waals surface area contributed by atoms with Crippen LogP contribution in [0.25, 0.3) is 22.3 Å². The van der Waals surface area contributed by atoms with E-state index in [2.05, 4.69) is 10.3 Å². The van der Waals surface area contributed by atoms with E-state index >= 15 is 0 Å². The van der Waals surface area contributed by atoms with E-state index in [1.165, 1.54) is 4.57 Å². The number of H-pyrrole nitrogens is 1. The van der Waals surface area contributed by atoms with Crippen LogP contribution in [0.2, 0.25) is 0 Å². The molecule has 3 N–H and O–H groups in total. The number of carbonyl (C=O) groups is 1. The molecule has 2 heterocycles. The van der Waals surface area contributed by atoms with Crippen molar-refractivity contribution in [2.24, 2.45) is 0 Å². The Morgan fingerprint density at radius 2 is 1.76 bits per heavy atom. The second kappa shape index (κ2) is 10.7. The number of aromatic nitrogens is 3. The van der Waals surface area contributed by atoms with Crippen LogP contribution in [-0.4, -0.2) is 37.8 Å². The molecule has 9 heteroatoms. The molecule has 0 radical (unpaired) electrons. The summed E-state index contributed by atoms with van der Waals surface area (Å²) in [6, 6.07) is 16.3. The zero-order chi connectivity index (χ0) is 26.8. The van der Waals surface area contributed by atoms with Crippen molar-refractivity contribution in [3.8, 4) is 17.0 Å². The molecule has 4 aromatic rings. The minimum absolute atomic E-state index is 0.183. The lowest BCUT2D eigenvalue weighted by Gasteiger charge is -2.18. The molecule has 0 fully saturated rings. The van der Waals surface area contributed by atoms with E-state index < -0.39 is 12.1 Å². The van der Waals surface area contributed by atoms with Gasteiger partial charge in [0.1, 0.15) is 11.3 Å². The van der Waals surface area contributed by atoms with Gasteiger partial charge in [0.15, 0.2) is 6.61 Å². The minimum atomic E-state index is -0.660. The SMILES string of the molecule is CCCn1c(=O)c2[nH]c(-c3ccc(OCC(=O)NC4c5ccccc5CC4O)cc3)cc2n(CCC)c1=O. The van der Waals surface area contributed by atoms with Crippen LogP contribution in [-0.2, 0) is 24.3 Å². The highest BCUT2D eigenvalue weighted by molar-refractivity contribution is 5.82. The average molecular weight is 517 g/mol. The second-order valence-corrected chi connectivity index (χ2v) is 9.66. The molecule has 198 valence electrons. The lowest BCUT2D eigenvalue weighted by atomic mass is 10.1. The minimum Gasteiger partial charge on any atom is -0.484 e. The molecule has 0 spiro atoms. The number of nitrogens with one attached hydrogen (secondary N) is 2. The lowest BCUT2D eigenvalue weighted by molar-refractivity contribution is -0.124. The van der Waals surface area contributed by atoms with Crippen molar-refractivity contribution in [2.45, 2.75) is 58.3 Å². The number of aryl methyl sites for hydroxylation is 1. The number of amides is 1. The Balaban J connectivity index is 1.30. The molecule has 2 aromatic heterocycles. The molecule has 1 amide bonds. The normalized spacial score (nSPS) is 16.5. The molecule has 1 aliphatic carbocycles. The largest absolute Gasteiger partial charge is 0.484 e. The maximum atomic E-state index is 13.0. The van der Waals surface area contributed by atoms with Gasteiger partial charge in [0, 0.05) is 25.2 Å². The van der Waals surface area contributed by atoms with Crippen LogP contribution >= 0.6 is 0 Å². The summed E-state index contributed by atoms with van der Waals surface area (Å²) >= 11 is 0. The number of carbonyl (C=O) groups excluding carboxylic acids is 1. The first-order valence-electron chi connectivity index (χ1n) is 13.1. The Morgan fingerprint density at radius 3 is 2.50 bits per heavy atom. The highest BCUT2D eigenvalue weighted by atomic mass is 16.5. The number of benzene rings is 2. The maximum Gasteiger partial charge on any atom is 0.331 e. The molecule has 0 bridgehead atoms. The smallest absolute Gasteiger partial charge is 0.331 e. The van der Waals surface area contributed by atoms with Gasteiger partial charge in [-0.1, -0.05) is 38.1 Å². The van der Waals surface area contributed by atoms with Crippen LogP contribution in [0.5, 0.6) is 5.75 Å². The summed E-state index contributed by atoms with van der Waals surface area (Å²) < 4.78 is 8.63. The molecule has 2 aromatic carbocycles. The first kappa shape index (κ1) is 25.5. The Kier molecular flexibility index (Phi) is 7.20. The third-order valence-corrected chi connectivity index (χ3v) is 6.96. The molecular weight excluding hydrogens is 484 g/mol. The van der Waals surface area contributed by atoms with Gasteiger partial charge >= 0.3 is 5.69 Å². The molecular formula is C29H32N4O5. The summed E-state index contributed by atoms with van der Waals surface area (Å²) in [5.41, 5.74) is 3.91. The third kappa shape index (κ3) is 4.77. The highest BCUT2D eigenvalue weighted by Gasteiger charge is 2.31. The zero-order valence-corrected chi connectivity index (χ0v) is 21.6. The van der Waals surface area contributed by atoms with E-state index in [1.54, 1.807) is 16.7 Å². The monoisotopic (exact) mass is 516 g/mol. The summed E-state index contributed by atoms with van der Waals surface area (Å²) in [5, 5.41) is 13.2. The number of nitrogens with zero attached hydrogens (tertiary/aromatic N) is 2. The summed E-state index contributed by atoms with van der Waals surface area (Å²) in [4.78, 5) is 41.7. The van der Waals surface area contributed by atoms with Gasteiger partial charge in [-0.05, 0) is 59.9 Å². The van der Waals surface area contributed by atoms with E-state index in [0.29, 0.717) is 48.4 Å². The summed E-state index contributed by atoms with van der Waals surface area (Å²) in [5.74, 6) is 0.197. The van der Waals surface area contributed by atoms with Crippen molar-refractivity contribution in [1.82, 2.24) is 19.4 Å². The number of aromatic amines is 1. The Morgan fingerprint density at radius 1 is 1.05 bits per heavy atom. The van der Waals surface area contributed by atoms with Crippen LogP contribution in [0.4, 0.5) is 0 Å². The van der Waals surface area contributed by atoms with Crippen molar-refractivity contribution in [2.75, 3.05) is 6.61 Å². The first-order valence-corrected chi connectivity index (χ1v) is 13.1. The molecule has 38 heavy (non-hydrogen) atoms. The van der Waals surface area contributed by atoms with Crippen LogP contribution in [0, 0.1) is 0 Å². The topological polar surface area (TPSA) is 118 Å². The van der Waals surface area contributed by atoms with E-state index in [4.69, 9.17) is 4.74 Å². The van der Waals surface area contributed by atoms with Crippen molar-refractivity contribution in [1.29, 1.82) is 0 Å². The van der Waals surface area contributed by atoms with Gasteiger partial charge in [0.2, 0.25) is 0 Å². The molecule has 2 atom stereocenters. The fourth-order valence-electron chi connectivity index (χ4n) is 5.15.